The van der Waals surface area contributed by atoms with E-state index in [2.05, 4.69) is 45.0 Å². The lowest BCUT2D eigenvalue weighted by atomic mass is 9.80. The van der Waals surface area contributed by atoms with Crippen LogP contribution in [0.25, 0.3) is 6.08 Å². The molecule has 0 spiro atoms. The molecular weight excluding hydrogens is 394 g/mol. The first-order valence-corrected chi connectivity index (χ1v) is 10.6. The van der Waals surface area contributed by atoms with Gasteiger partial charge in [-0.1, -0.05) is 37.6 Å². The first kappa shape index (κ1) is 21.9. The number of nitrogens with zero attached hydrogens (tertiary/aromatic N) is 2. The van der Waals surface area contributed by atoms with E-state index in [-0.39, 0.29) is 11.1 Å². The zero-order valence-corrected chi connectivity index (χ0v) is 19.0. The quantitative estimate of drug-likeness (QED) is 0.474. The Bertz CT molecular complexity index is 1030. The monoisotopic (exact) mass is 421 g/mol. The number of benzene rings is 2. The van der Waals surface area contributed by atoms with Crippen molar-refractivity contribution in [3.63, 3.8) is 0 Å². The van der Waals surface area contributed by atoms with E-state index in [1.165, 1.54) is 11.1 Å². The summed E-state index contributed by atoms with van der Waals surface area (Å²) in [6, 6.07) is 13.6. The van der Waals surface area contributed by atoms with Gasteiger partial charge in [0, 0.05) is 29.0 Å². The number of hydrogen-bond donors (Lipinski definition) is 1. The molecule has 1 aliphatic heterocycles. The lowest BCUT2D eigenvalue weighted by Crippen LogP contribution is -2.45. The van der Waals surface area contributed by atoms with Crippen molar-refractivity contribution < 1.29 is 4.79 Å². The van der Waals surface area contributed by atoms with Gasteiger partial charge in [-0.25, -0.2) is 0 Å². The summed E-state index contributed by atoms with van der Waals surface area (Å²) in [5.41, 5.74) is 4.87. The molecule has 1 heterocycles. The minimum atomic E-state index is -0.443. The fourth-order valence-corrected chi connectivity index (χ4v) is 4.25. The molecule has 1 atom stereocenters. The summed E-state index contributed by atoms with van der Waals surface area (Å²) in [5, 5.41) is 12.9. The molecule has 5 heteroatoms. The Hall–Kier alpha value is -2.77. The van der Waals surface area contributed by atoms with Crippen LogP contribution in [0.2, 0.25) is 5.02 Å². The second-order valence-electron chi connectivity index (χ2n) is 8.58. The van der Waals surface area contributed by atoms with Gasteiger partial charge >= 0.3 is 0 Å². The van der Waals surface area contributed by atoms with Crippen LogP contribution in [0.1, 0.15) is 56.7 Å². The molecule has 1 N–H and O–H groups in total. The van der Waals surface area contributed by atoms with E-state index in [0.29, 0.717) is 22.2 Å². The summed E-state index contributed by atoms with van der Waals surface area (Å²) in [4.78, 5) is 14.9. The van der Waals surface area contributed by atoms with Gasteiger partial charge in [-0.05, 0) is 79.6 Å². The highest BCUT2D eigenvalue weighted by Gasteiger charge is 2.34. The van der Waals surface area contributed by atoms with Gasteiger partial charge in [0.15, 0.2) is 0 Å². The number of nitrogens with one attached hydrogen (secondary N) is 1. The predicted molar refractivity (Wildman–Crippen MR) is 125 cm³/mol. The minimum Gasteiger partial charge on any atom is -0.369 e. The first-order valence-electron chi connectivity index (χ1n) is 10.3. The largest absolute Gasteiger partial charge is 0.369 e. The molecule has 0 unspecified atom stereocenters. The van der Waals surface area contributed by atoms with E-state index in [1.807, 2.05) is 42.5 Å². The number of rotatable bonds is 4. The molecule has 0 saturated heterocycles. The normalized spacial score (nSPS) is 17.8. The molecule has 3 rings (SSSR count). The zero-order chi connectivity index (χ0) is 22.1. The van der Waals surface area contributed by atoms with Crippen LogP contribution in [0.15, 0.2) is 42.0 Å². The maximum absolute atomic E-state index is 12.7. The van der Waals surface area contributed by atoms with Crippen LogP contribution >= 0.6 is 11.6 Å². The number of fused-ring (bicyclic) bond motifs is 1. The molecule has 0 saturated carbocycles. The summed E-state index contributed by atoms with van der Waals surface area (Å²) >= 11 is 6.55. The molecule has 1 amide bonds. The molecule has 0 aliphatic carbocycles. The highest BCUT2D eigenvalue weighted by Crippen LogP contribution is 2.44. The number of carbonyl (C=O) groups is 1. The zero-order valence-electron chi connectivity index (χ0n) is 18.2. The van der Waals surface area contributed by atoms with E-state index in [1.54, 1.807) is 6.08 Å². The van der Waals surface area contributed by atoms with Crippen LogP contribution in [0.5, 0.6) is 0 Å². The molecule has 156 valence electrons. The van der Waals surface area contributed by atoms with E-state index in [4.69, 9.17) is 11.6 Å². The van der Waals surface area contributed by atoms with Gasteiger partial charge in [-0.2, -0.15) is 5.26 Å². The van der Waals surface area contributed by atoms with Crippen molar-refractivity contribution >= 4 is 35.0 Å². The van der Waals surface area contributed by atoms with Gasteiger partial charge in [-0.3, -0.25) is 4.79 Å². The van der Waals surface area contributed by atoms with E-state index < -0.39 is 5.91 Å². The molecule has 0 fully saturated rings. The third-order valence-corrected chi connectivity index (χ3v) is 6.36. The highest BCUT2D eigenvalue weighted by molar-refractivity contribution is 6.32. The molecule has 0 aromatic heterocycles. The third-order valence-electron chi connectivity index (χ3n) is 6.04. The second kappa shape index (κ2) is 8.53. The average molecular weight is 422 g/mol. The molecule has 30 heavy (non-hydrogen) atoms. The molecule has 0 radical (unpaired) electrons. The van der Waals surface area contributed by atoms with Crippen molar-refractivity contribution in [1.82, 2.24) is 0 Å². The SMILES string of the molecule is CCc1ccc(NC(=O)/C(C#N)=C\c2cc3c(cc2Cl)N(C)C(C)(C)C[C@H]3C)cc1. The van der Waals surface area contributed by atoms with Crippen molar-refractivity contribution in [2.75, 3.05) is 17.3 Å². The number of halogens is 1. The van der Waals surface area contributed by atoms with Crippen molar-refractivity contribution in [2.24, 2.45) is 0 Å². The van der Waals surface area contributed by atoms with E-state index >= 15 is 0 Å². The van der Waals surface area contributed by atoms with Gasteiger partial charge in [0.1, 0.15) is 11.6 Å². The topological polar surface area (TPSA) is 56.1 Å². The van der Waals surface area contributed by atoms with Crippen LogP contribution in [0, 0.1) is 11.3 Å². The van der Waals surface area contributed by atoms with Crippen LogP contribution < -0.4 is 10.2 Å². The van der Waals surface area contributed by atoms with Gasteiger partial charge in [0.05, 0.1) is 0 Å². The Morgan fingerprint density at radius 3 is 2.60 bits per heavy atom. The number of nitriles is 1. The van der Waals surface area contributed by atoms with Gasteiger partial charge in [0.2, 0.25) is 0 Å². The number of amides is 1. The predicted octanol–water partition coefficient (Wildman–Crippen LogP) is 6.17. The van der Waals surface area contributed by atoms with E-state index in [9.17, 15) is 10.1 Å². The smallest absolute Gasteiger partial charge is 0.266 e. The number of hydrogen-bond acceptors (Lipinski definition) is 3. The Balaban J connectivity index is 1.91. The maximum Gasteiger partial charge on any atom is 0.266 e. The fourth-order valence-electron chi connectivity index (χ4n) is 4.04. The standard InChI is InChI=1S/C25H28ClN3O/c1-6-17-7-9-20(10-8-17)28-24(30)19(15-27)11-18-12-21-16(2)14-25(3,4)29(5)23(21)13-22(18)26/h7-13,16H,6,14H2,1-5H3,(H,28,30)/b19-11-/t16-/m1/s1. The van der Waals surface area contributed by atoms with Gasteiger partial charge < -0.3 is 10.2 Å². The number of anilines is 2. The van der Waals surface area contributed by atoms with Gasteiger partial charge in [-0.15, -0.1) is 0 Å². The summed E-state index contributed by atoms with van der Waals surface area (Å²) in [6.07, 6.45) is 3.52. The minimum absolute atomic E-state index is 0.0218. The molecule has 0 bridgehead atoms. The molecule has 2 aromatic rings. The van der Waals surface area contributed by atoms with Crippen LogP contribution in [-0.4, -0.2) is 18.5 Å². The summed E-state index contributed by atoms with van der Waals surface area (Å²) in [6.45, 7) is 8.72. The Morgan fingerprint density at radius 1 is 1.33 bits per heavy atom. The highest BCUT2D eigenvalue weighted by atomic mass is 35.5. The maximum atomic E-state index is 12.7. The van der Waals surface area contributed by atoms with Crippen molar-refractivity contribution in [3.8, 4) is 6.07 Å². The van der Waals surface area contributed by atoms with Crippen LogP contribution in [-0.2, 0) is 11.2 Å². The van der Waals surface area contributed by atoms with Crippen molar-refractivity contribution in [2.45, 2.75) is 52.0 Å². The molecule has 2 aromatic carbocycles. The first-order chi connectivity index (χ1) is 14.2. The van der Waals surface area contributed by atoms with Gasteiger partial charge in [0.25, 0.3) is 5.91 Å². The van der Waals surface area contributed by atoms with Crippen LogP contribution in [0.3, 0.4) is 0 Å². The lowest BCUT2D eigenvalue weighted by Gasteiger charge is -2.45. The second-order valence-corrected chi connectivity index (χ2v) is 8.99. The summed E-state index contributed by atoms with van der Waals surface area (Å²) in [7, 11) is 2.08. The number of aryl methyl sites for hydroxylation is 1. The fraction of sp³-hybridized carbons (Fsp3) is 0.360. The molecular formula is C25H28ClN3O. The Kier molecular flexibility index (Phi) is 6.24. The summed E-state index contributed by atoms with van der Waals surface area (Å²) < 4.78 is 0. The third kappa shape index (κ3) is 4.37. The van der Waals surface area contributed by atoms with Crippen LogP contribution in [0.4, 0.5) is 11.4 Å². The van der Waals surface area contributed by atoms with E-state index in [0.717, 1.165) is 18.5 Å². The Morgan fingerprint density at radius 2 is 2.00 bits per heavy atom. The lowest BCUT2D eigenvalue weighted by molar-refractivity contribution is -0.112. The Labute approximate surface area is 184 Å². The number of carbonyl (C=O) groups excluding carboxylic acids is 1. The molecule has 4 nitrogen and oxygen atoms in total. The summed E-state index contributed by atoms with van der Waals surface area (Å²) in [5.74, 6) is -0.0890. The average Bonchev–Trinajstić information content (AvgIpc) is 2.71. The van der Waals surface area contributed by atoms with Crippen molar-refractivity contribution in [3.05, 3.63) is 63.7 Å². The molecule has 1 aliphatic rings. The van der Waals surface area contributed by atoms with Crippen molar-refractivity contribution in [1.29, 1.82) is 5.26 Å².